The molecule has 9 heteroatoms. The van der Waals surface area contributed by atoms with Crippen molar-refractivity contribution in [1.82, 2.24) is 14.7 Å². The van der Waals surface area contributed by atoms with E-state index < -0.39 is 12.5 Å². The molecule has 1 aromatic carbocycles. The minimum atomic E-state index is -2.46. The quantitative estimate of drug-likeness (QED) is 0.730. The minimum Gasteiger partial charge on any atom is -0.493 e. The van der Waals surface area contributed by atoms with Gasteiger partial charge in [0.2, 0.25) is 5.91 Å². The first-order valence-electron chi connectivity index (χ1n) is 11.0. The van der Waals surface area contributed by atoms with Crippen LogP contribution in [-0.2, 0) is 11.2 Å². The number of amides is 1. The second kappa shape index (κ2) is 9.34. The Balaban J connectivity index is 1.35. The van der Waals surface area contributed by atoms with E-state index in [1.807, 2.05) is 30.0 Å². The van der Waals surface area contributed by atoms with E-state index in [2.05, 4.69) is 10.4 Å². The normalized spacial score (nSPS) is 21.2. The zero-order valence-electron chi connectivity index (χ0n) is 18.7. The van der Waals surface area contributed by atoms with Gasteiger partial charge in [-0.25, -0.2) is 13.5 Å². The molecule has 1 fully saturated rings. The number of benzene rings is 1. The standard InChI is InChI=1S/C23H30F2N4O3/c1-14-10-21-26-17(13-18(23(24)25)29(21)27-14)16-6-8-28(9-7-16)22(30)12-15-4-5-19(31-2)20(11-15)32-3/h4-5,10-11,16-18,23,26H,6-9,12-13H2,1-3H3/t17-,18+/m0/s1. The maximum Gasteiger partial charge on any atom is 0.260 e. The van der Waals surface area contributed by atoms with Crippen molar-refractivity contribution in [3.63, 3.8) is 0 Å². The van der Waals surface area contributed by atoms with Crippen molar-refractivity contribution in [2.24, 2.45) is 5.92 Å². The molecule has 3 heterocycles. The van der Waals surface area contributed by atoms with Gasteiger partial charge in [-0.1, -0.05) is 6.07 Å². The molecule has 2 aliphatic heterocycles. The number of fused-ring (bicyclic) bond motifs is 1. The van der Waals surface area contributed by atoms with Gasteiger partial charge in [0.15, 0.2) is 11.5 Å². The number of hydrogen-bond donors (Lipinski definition) is 1. The number of carbonyl (C=O) groups is 1. The SMILES string of the molecule is COc1ccc(CC(=O)N2CCC([C@@H]3C[C@H](C(F)F)n4nc(C)cc4N3)CC2)cc1OC. The van der Waals surface area contributed by atoms with E-state index in [0.29, 0.717) is 43.2 Å². The third-order valence-corrected chi connectivity index (χ3v) is 6.56. The van der Waals surface area contributed by atoms with Crippen molar-refractivity contribution in [3.8, 4) is 11.5 Å². The molecule has 1 N–H and O–H groups in total. The Labute approximate surface area is 186 Å². The van der Waals surface area contributed by atoms with E-state index in [9.17, 15) is 13.6 Å². The molecule has 0 radical (unpaired) electrons. The second-order valence-electron chi connectivity index (χ2n) is 8.59. The lowest BCUT2D eigenvalue weighted by Crippen LogP contribution is -2.46. The average molecular weight is 449 g/mol. The maximum absolute atomic E-state index is 13.7. The third-order valence-electron chi connectivity index (χ3n) is 6.56. The summed E-state index contributed by atoms with van der Waals surface area (Å²) in [5, 5.41) is 7.65. The van der Waals surface area contributed by atoms with Gasteiger partial charge in [0.05, 0.1) is 26.3 Å². The van der Waals surface area contributed by atoms with Crippen LogP contribution in [0.4, 0.5) is 14.6 Å². The van der Waals surface area contributed by atoms with Crippen LogP contribution in [0, 0.1) is 12.8 Å². The predicted molar refractivity (Wildman–Crippen MR) is 117 cm³/mol. The van der Waals surface area contributed by atoms with Gasteiger partial charge in [0.1, 0.15) is 11.9 Å². The Morgan fingerprint density at radius 1 is 1.19 bits per heavy atom. The van der Waals surface area contributed by atoms with E-state index in [1.165, 1.54) is 4.68 Å². The molecule has 0 bridgehead atoms. The summed E-state index contributed by atoms with van der Waals surface area (Å²) in [5.41, 5.74) is 1.60. The van der Waals surface area contributed by atoms with Gasteiger partial charge >= 0.3 is 0 Å². The van der Waals surface area contributed by atoms with Crippen LogP contribution >= 0.6 is 0 Å². The van der Waals surface area contributed by atoms with Crippen LogP contribution < -0.4 is 14.8 Å². The number of alkyl halides is 2. The monoisotopic (exact) mass is 448 g/mol. The van der Waals surface area contributed by atoms with Gasteiger partial charge in [0.25, 0.3) is 6.43 Å². The highest BCUT2D eigenvalue weighted by Gasteiger charge is 2.38. The highest BCUT2D eigenvalue weighted by atomic mass is 19.3. The fourth-order valence-electron chi connectivity index (χ4n) is 4.83. The molecular weight excluding hydrogens is 418 g/mol. The van der Waals surface area contributed by atoms with Crippen LogP contribution in [0.25, 0.3) is 0 Å². The first-order chi connectivity index (χ1) is 15.4. The zero-order chi connectivity index (χ0) is 22.8. The topological polar surface area (TPSA) is 68.6 Å². The Morgan fingerprint density at radius 3 is 2.56 bits per heavy atom. The summed E-state index contributed by atoms with van der Waals surface area (Å²) in [4.78, 5) is 14.7. The fourth-order valence-corrected chi connectivity index (χ4v) is 4.83. The van der Waals surface area contributed by atoms with E-state index in [0.717, 1.165) is 24.1 Å². The van der Waals surface area contributed by atoms with Crippen LogP contribution in [0.5, 0.6) is 11.5 Å². The van der Waals surface area contributed by atoms with Crippen molar-refractivity contribution >= 4 is 11.7 Å². The summed E-state index contributed by atoms with van der Waals surface area (Å²) >= 11 is 0. The summed E-state index contributed by atoms with van der Waals surface area (Å²) in [6.07, 6.45) is -0.244. The van der Waals surface area contributed by atoms with Crippen LogP contribution in [0.1, 0.15) is 36.6 Å². The number of rotatable bonds is 6. The average Bonchev–Trinajstić information content (AvgIpc) is 3.18. The Kier molecular flexibility index (Phi) is 6.53. The first-order valence-corrected chi connectivity index (χ1v) is 11.0. The summed E-state index contributed by atoms with van der Waals surface area (Å²) in [7, 11) is 3.15. The molecule has 0 aliphatic carbocycles. The van der Waals surface area contributed by atoms with Crippen molar-refractivity contribution in [1.29, 1.82) is 0 Å². The number of hydrogen-bond acceptors (Lipinski definition) is 5. The highest BCUT2D eigenvalue weighted by Crippen LogP contribution is 2.37. The number of likely N-dealkylation sites (tertiary alicyclic amines) is 1. The van der Waals surface area contributed by atoms with Gasteiger partial charge < -0.3 is 19.7 Å². The molecule has 1 saturated heterocycles. The van der Waals surface area contributed by atoms with Gasteiger partial charge in [-0.3, -0.25) is 4.79 Å². The number of nitrogens with zero attached hydrogens (tertiary/aromatic N) is 3. The smallest absolute Gasteiger partial charge is 0.260 e. The molecule has 32 heavy (non-hydrogen) atoms. The molecule has 0 spiro atoms. The summed E-state index contributed by atoms with van der Waals surface area (Å²) < 4.78 is 39.3. The molecule has 0 unspecified atom stereocenters. The molecule has 1 aromatic heterocycles. The van der Waals surface area contributed by atoms with Gasteiger partial charge in [0, 0.05) is 25.2 Å². The Morgan fingerprint density at radius 2 is 1.91 bits per heavy atom. The number of piperidine rings is 1. The number of methoxy groups -OCH3 is 2. The lowest BCUT2D eigenvalue weighted by Gasteiger charge is -2.40. The van der Waals surface area contributed by atoms with Crippen molar-refractivity contribution < 1.29 is 23.0 Å². The summed E-state index contributed by atoms with van der Waals surface area (Å²) in [5.74, 6) is 2.19. The zero-order valence-corrected chi connectivity index (χ0v) is 18.7. The van der Waals surface area contributed by atoms with Crippen LogP contribution in [0.3, 0.4) is 0 Å². The number of ether oxygens (including phenoxy) is 2. The van der Waals surface area contributed by atoms with Crippen molar-refractivity contribution in [3.05, 3.63) is 35.5 Å². The number of halogens is 2. The van der Waals surface area contributed by atoms with E-state index in [1.54, 1.807) is 20.3 Å². The number of aryl methyl sites for hydroxylation is 1. The van der Waals surface area contributed by atoms with Gasteiger partial charge in [-0.2, -0.15) is 5.10 Å². The molecule has 4 rings (SSSR count). The second-order valence-corrected chi connectivity index (χ2v) is 8.59. The van der Waals surface area contributed by atoms with Crippen molar-refractivity contribution in [2.45, 2.75) is 51.1 Å². The number of aromatic nitrogens is 2. The largest absolute Gasteiger partial charge is 0.493 e. The molecule has 0 saturated carbocycles. The van der Waals surface area contributed by atoms with Crippen LogP contribution in [0.15, 0.2) is 24.3 Å². The molecule has 2 aliphatic rings. The number of anilines is 1. The lowest BCUT2D eigenvalue weighted by molar-refractivity contribution is -0.131. The predicted octanol–water partition coefficient (Wildman–Crippen LogP) is 3.68. The molecule has 7 nitrogen and oxygen atoms in total. The van der Waals surface area contributed by atoms with E-state index in [4.69, 9.17) is 9.47 Å². The molecule has 2 aromatic rings. The van der Waals surface area contributed by atoms with Crippen LogP contribution in [0.2, 0.25) is 0 Å². The van der Waals surface area contributed by atoms with E-state index in [-0.39, 0.29) is 17.9 Å². The Bertz CT molecular complexity index is 957. The minimum absolute atomic E-state index is 0.0410. The highest BCUT2D eigenvalue weighted by molar-refractivity contribution is 5.79. The first kappa shape index (κ1) is 22.4. The molecule has 2 atom stereocenters. The van der Waals surface area contributed by atoms with Gasteiger partial charge in [-0.15, -0.1) is 0 Å². The summed E-state index contributed by atoms with van der Waals surface area (Å²) in [6, 6.07) is 6.37. The molecule has 1 amide bonds. The Hall–Kier alpha value is -2.84. The molecular formula is C23H30F2N4O3. The number of carbonyl (C=O) groups excluding carboxylic acids is 1. The third kappa shape index (κ3) is 4.52. The lowest BCUT2D eigenvalue weighted by atomic mass is 9.85. The number of nitrogens with one attached hydrogen (secondary N) is 1. The maximum atomic E-state index is 13.7. The van der Waals surface area contributed by atoms with E-state index >= 15 is 0 Å². The van der Waals surface area contributed by atoms with Crippen molar-refractivity contribution in [2.75, 3.05) is 32.6 Å². The molecule has 174 valence electrons. The van der Waals surface area contributed by atoms with Gasteiger partial charge in [-0.05, 0) is 49.8 Å². The summed E-state index contributed by atoms with van der Waals surface area (Å²) in [6.45, 7) is 3.08. The van der Waals surface area contributed by atoms with Crippen LogP contribution in [-0.4, -0.2) is 60.4 Å². The fraction of sp³-hybridized carbons (Fsp3) is 0.565.